The van der Waals surface area contributed by atoms with Crippen molar-refractivity contribution >= 4 is 39.9 Å². The van der Waals surface area contributed by atoms with Gasteiger partial charge < -0.3 is 14.6 Å². The van der Waals surface area contributed by atoms with Gasteiger partial charge in [-0.25, -0.2) is 9.78 Å². The predicted molar refractivity (Wildman–Crippen MR) is 140 cm³/mol. The Kier molecular flexibility index (Phi) is 6.71. The standard InChI is InChI=1S/C28H21N3O6S/c1-16-25(27(35)36-2)38-28(30-16)31-22(18-7-6-10-20(15-18)37-19-8-4-3-5-9-19)21(24(33)26(31)34)23(32)17-11-13-29-14-12-17/h3-15,22,32H,1-2H3. The number of aromatic nitrogens is 2. The van der Waals surface area contributed by atoms with Gasteiger partial charge in [-0.15, -0.1) is 0 Å². The third-order valence-corrected chi connectivity index (χ3v) is 7.05. The van der Waals surface area contributed by atoms with Gasteiger partial charge in [0.25, 0.3) is 5.78 Å². The van der Waals surface area contributed by atoms with Crippen molar-refractivity contribution in [1.29, 1.82) is 0 Å². The molecule has 10 heteroatoms. The van der Waals surface area contributed by atoms with Gasteiger partial charge >= 0.3 is 11.9 Å². The molecule has 0 radical (unpaired) electrons. The summed E-state index contributed by atoms with van der Waals surface area (Å²) in [4.78, 5) is 48.8. The van der Waals surface area contributed by atoms with E-state index in [1.165, 1.54) is 36.5 Å². The van der Waals surface area contributed by atoms with Crippen LogP contribution in [0.3, 0.4) is 0 Å². The highest BCUT2D eigenvalue weighted by molar-refractivity contribution is 7.17. The minimum Gasteiger partial charge on any atom is -0.507 e. The highest BCUT2D eigenvalue weighted by Crippen LogP contribution is 2.44. The summed E-state index contributed by atoms with van der Waals surface area (Å²) < 4.78 is 10.8. The predicted octanol–water partition coefficient (Wildman–Crippen LogP) is 5.05. The number of methoxy groups -OCH3 is 1. The molecule has 1 fully saturated rings. The minimum atomic E-state index is -1.04. The SMILES string of the molecule is COC(=O)c1sc(N2C(=O)C(=O)C(=C(O)c3ccncc3)C2c2cccc(Oc3ccccc3)c2)nc1C. The van der Waals surface area contributed by atoms with E-state index in [0.717, 1.165) is 11.3 Å². The number of para-hydroxylation sites is 1. The van der Waals surface area contributed by atoms with Gasteiger partial charge in [-0.05, 0) is 48.9 Å². The van der Waals surface area contributed by atoms with Crippen LogP contribution in [-0.2, 0) is 14.3 Å². The van der Waals surface area contributed by atoms with Gasteiger partial charge in [0.1, 0.15) is 22.1 Å². The number of carbonyl (C=O) groups is 3. The average Bonchev–Trinajstić information content (AvgIpc) is 3.45. The number of ketones is 1. The van der Waals surface area contributed by atoms with E-state index in [9.17, 15) is 19.5 Å². The Morgan fingerprint density at radius 1 is 1.00 bits per heavy atom. The largest absolute Gasteiger partial charge is 0.507 e. The molecule has 0 saturated carbocycles. The first kappa shape index (κ1) is 24.8. The van der Waals surface area contributed by atoms with Crippen LogP contribution in [0, 0.1) is 6.92 Å². The zero-order chi connectivity index (χ0) is 26.8. The number of aliphatic hydroxyl groups excluding tert-OH is 1. The summed E-state index contributed by atoms with van der Waals surface area (Å²) >= 11 is 0.932. The number of nitrogens with zero attached hydrogens (tertiary/aromatic N) is 3. The summed E-state index contributed by atoms with van der Waals surface area (Å²) in [5.41, 5.74) is 1.06. The maximum Gasteiger partial charge on any atom is 0.350 e. The first-order valence-electron chi connectivity index (χ1n) is 11.5. The van der Waals surface area contributed by atoms with E-state index in [4.69, 9.17) is 9.47 Å². The van der Waals surface area contributed by atoms with Crippen LogP contribution in [0.5, 0.6) is 11.5 Å². The number of thiazole rings is 1. The lowest BCUT2D eigenvalue weighted by Crippen LogP contribution is -2.29. The Balaban J connectivity index is 1.67. The topological polar surface area (TPSA) is 119 Å². The Bertz CT molecular complexity index is 1570. The Morgan fingerprint density at radius 2 is 1.71 bits per heavy atom. The van der Waals surface area contributed by atoms with Crippen LogP contribution in [0.15, 0.2) is 84.7 Å². The van der Waals surface area contributed by atoms with Crippen LogP contribution >= 0.6 is 11.3 Å². The molecule has 9 nitrogen and oxygen atoms in total. The number of pyridine rings is 1. The number of ether oxygens (including phenoxy) is 2. The number of hydrogen-bond donors (Lipinski definition) is 1. The molecule has 1 saturated heterocycles. The molecule has 1 aliphatic heterocycles. The zero-order valence-corrected chi connectivity index (χ0v) is 21.1. The normalized spacial score (nSPS) is 16.5. The molecule has 5 rings (SSSR count). The van der Waals surface area contributed by atoms with Crippen LogP contribution < -0.4 is 9.64 Å². The number of aliphatic hydroxyl groups is 1. The van der Waals surface area contributed by atoms with E-state index in [1.54, 1.807) is 43.3 Å². The van der Waals surface area contributed by atoms with Crippen molar-refractivity contribution in [2.24, 2.45) is 0 Å². The quantitative estimate of drug-likeness (QED) is 0.160. The monoisotopic (exact) mass is 527 g/mol. The summed E-state index contributed by atoms with van der Waals surface area (Å²) in [7, 11) is 1.25. The smallest absolute Gasteiger partial charge is 0.350 e. The van der Waals surface area contributed by atoms with E-state index >= 15 is 0 Å². The van der Waals surface area contributed by atoms with Gasteiger partial charge in [0, 0.05) is 18.0 Å². The second-order valence-corrected chi connectivity index (χ2v) is 9.27. The van der Waals surface area contributed by atoms with E-state index in [1.807, 2.05) is 18.2 Å². The lowest BCUT2D eigenvalue weighted by atomic mass is 9.95. The van der Waals surface area contributed by atoms with Gasteiger partial charge in [0.15, 0.2) is 5.13 Å². The maximum atomic E-state index is 13.4. The molecule has 190 valence electrons. The van der Waals surface area contributed by atoms with E-state index in [0.29, 0.717) is 28.3 Å². The van der Waals surface area contributed by atoms with Crippen LogP contribution in [0.1, 0.15) is 32.5 Å². The number of rotatable bonds is 6. The highest BCUT2D eigenvalue weighted by Gasteiger charge is 2.48. The van der Waals surface area contributed by atoms with Crippen LogP contribution in [0.2, 0.25) is 0 Å². The molecule has 1 aliphatic rings. The highest BCUT2D eigenvalue weighted by atomic mass is 32.1. The van der Waals surface area contributed by atoms with Crippen molar-refractivity contribution < 1.29 is 29.0 Å². The molecule has 3 heterocycles. The lowest BCUT2D eigenvalue weighted by Gasteiger charge is -2.23. The van der Waals surface area contributed by atoms with Crippen molar-refractivity contribution in [2.45, 2.75) is 13.0 Å². The Morgan fingerprint density at radius 3 is 2.42 bits per heavy atom. The van der Waals surface area contributed by atoms with E-state index < -0.39 is 23.7 Å². The van der Waals surface area contributed by atoms with Crippen molar-refractivity contribution in [3.05, 3.63) is 106 Å². The first-order chi connectivity index (χ1) is 18.4. The van der Waals surface area contributed by atoms with Gasteiger partial charge in [0.05, 0.1) is 24.4 Å². The minimum absolute atomic E-state index is 0.120. The molecule has 0 spiro atoms. The summed E-state index contributed by atoms with van der Waals surface area (Å²) in [5.74, 6) is -1.65. The zero-order valence-electron chi connectivity index (χ0n) is 20.3. The molecule has 0 bridgehead atoms. The van der Waals surface area contributed by atoms with Crippen molar-refractivity contribution in [1.82, 2.24) is 9.97 Å². The van der Waals surface area contributed by atoms with Crippen LogP contribution in [0.4, 0.5) is 5.13 Å². The fourth-order valence-electron chi connectivity index (χ4n) is 4.15. The molecular formula is C28H21N3O6S. The number of amides is 1. The average molecular weight is 528 g/mol. The lowest BCUT2D eigenvalue weighted by molar-refractivity contribution is -0.132. The number of hydrogen-bond acceptors (Lipinski definition) is 9. The van der Waals surface area contributed by atoms with Crippen LogP contribution in [0.25, 0.3) is 5.76 Å². The van der Waals surface area contributed by atoms with Crippen LogP contribution in [-0.4, -0.2) is 39.8 Å². The third-order valence-electron chi connectivity index (χ3n) is 5.91. The molecule has 2 aromatic heterocycles. The van der Waals surface area contributed by atoms with Crippen molar-refractivity contribution in [2.75, 3.05) is 12.0 Å². The second kappa shape index (κ2) is 10.3. The number of aryl methyl sites for hydroxylation is 1. The van der Waals surface area contributed by atoms with E-state index in [2.05, 4.69) is 9.97 Å². The summed E-state index contributed by atoms with van der Waals surface area (Å²) in [6.45, 7) is 1.61. The molecule has 0 aliphatic carbocycles. The first-order valence-corrected chi connectivity index (χ1v) is 12.3. The third kappa shape index (κ3) is 4.53. The number of benzene rings is 2. The fourth-order valence-corrected chi connectivity index (χ4v) is 5.16. The maximum absolute atomic E-state index is 13.4. The number of esters is 1. The number of Topliss-reactive ketones (excluding diaryl/α,β-unsaturated/α-hetero) is 1. The molecule has 1 N–H and O–H groups in total. The molecule has 4 aromatic rings. The number of carbonyl (C=O) groups excluding carboxylic acids is 3. The van der Waals surface area contributed by atoms with Crippen molar-refractivity contribution in [3.63, 3.8) is 0 Å². The summed E-state index contributed by atoms with van der Waals surface area (Å²) in [6, 6.07) is 18.1. The van der Waals surface area contributed by atoms with E-state index in [-0.39, 0.29) is 21.3 Å². The number of anilines is 1. The molecular weight excluding hydrogens is 506 g/mol. The Labute approximate surface area is 221 Å². The summed E-state index contributed by atoms with van der Waals surface area (Å²) in [6.07, 6.45) is 2.95. The van der Waals surface area contributed by atoms with Gasteiger partial charge in [-0.3, -0.25) is 19.5 Å². The molecule has 38 heavy (non-hydrogen) atoms. The molecule has 1 atom stereocenters. The van der Waals surface area contributed by atoms with Gasteiger partial charge in [-0.1, -0.05) is 41.7 Å². The molecule has 1 unspecified atom stereocenters. The summed E-state index contributed by atoms with van der Waals surface area (Å²) in [5, 5.41) is 11.3. The van der Waals surface area contributed by atoms with Crippen molar-refractivity contribution in [3.8, 4) is 11.5 Å². The Hall–Kier alpha value is -4.83. The molecule has 1 amide bonds. The molecule has 2 aromatic carbocycles. The van der Waals surface area contributed by atoms with Gasteiger partial charge in [-0.2, -0.15) is 0 Å². The fraction of sp³-hybridized carbons (Fsp3) is 0.107. The van der Waals surface area contributed by atoms with Gasteiger partial charge in [0.2, 0.25) is 0 Å². The second-order valence-electron chi connectivity index (χ2n) is 8.30.